The summed E-state index contributed by atoms with van der Waals surface area (Å²) in [5, 5.41) is 13.9. The Morgan fingerprint density at radius 3 is 2.96 bits per heavy atom. The molecule has 1 N–H and O–H groups in total. The number of carbonyl (C=O) groups excluding carboxylic acids is 1. The molecule has 1 amide bonds. The molecule has 1 fully saturated rings. The Labute approximate surface area is 173 Å². The van der Waals surface area contributed by atoms with Crippen molar-refractivity contribution in [1.82, 2.24) is 20.1 Å². The molecule has 2 atom stereocenters. The fraction of sp³-hybridized carbons (Fsp3) is 0.450. The second kappa shape index (κ2) is 8.17. The van der Waals surface area contributed by atoms with Crippen LogP contribution in [0.25, 0.3) is 22.6 Å². The Balaban J connectivity index is 1.42. The molecule has 0 unspecified atom stereocenters. The van der Waals surface area contributed by atoms with Crippen LogP contribution in [-0.4, -0.2) is 32.5 Å². The van der Waals surface area contributed by atoms with E-state index in [1.807, 2.05) is 29.8 Å². The highest BCUT2D eigenvalue weighted by Crippen LogP contribution is 2.30. The van der Waals surface area contributed by atoms with E-state index in [4.69, 9.17) is 16.0 Å². The van der Waals surface area contributed by atoms with Gasteiger partial charge in [0.1, 0.15) is 5.58 Å². The molecular formula is C20H23ClN4O2S. The molecule has 0 saturated heterocycles. The molecule has 6 nitrogen and oxygen atoms in total. The smallest absolute Gasteiger partial charge is 0.230 e. The number of halogens is 1. The molecule has 8 heteroatoms. The molecule has 0 aliphatic heterocycles. The minimum Gasteiger partial charge on any atom is -0.453 e. The lowest BCUT2D eigenvalue weighted by Crippen LogP contribution is -2.41. The van der Waals surface area contributed by atoms with Gasteiger partial charge in [-0.2, -0.15) is 0 Å². The van der Waals surface area contributed by atoms with E-state index in [0.29, 0.717) is 39.5 Å². The SMILES string of the molecule is C[C@@H]1CCCC[C@H]1NC(=O)CSc1nnc(-c2cc3cc(Cl)ccc3o2)n1C. The maximum Gasteiger partial charge on any atom is 0.230 e. The number of nitrogens with one attached hydrogen (secondary N) is 1. The van der Waals surface area contributed by atoms with E-state index < -0.39 is 0 Å². The van der Waals surface area contributed by atoms with Gasteiger partial charge in [-0.3, -0.25) is 4.79 Å². The largest absolute Gasteiger partial charge is 0.453 e. The number of benzene rings is 1. The maximum absolute atomic E-state index is 12.3. The van der Waals surface area contributed by atoms with Gasteiger partial charge in [0.25, 0.3) is 0 Å². The van der Waals surface area contributed by atoms with Crippen molar-refractivity contribution in [1.29, 1.82) is 0 Å². The van der Waals surface area contributed by atoms with Crippen LogP contribution in [0.5, 0.6) is 0 Å². The zero-order valence-electron chi connectivity index (χ0n) is 15.9. The number of nitrogens with zero attached hydrogens (tertiary/aromatic N) is 3. The van der Waals surface area contributed by atoms with Crippen molar-refractivity contribution < 1.29 is 9.21 Å². The maximum atomic E-state index is 12.3. The fourth-order valence-electron chi connectivity index (χ4n) is 3.69. The predicted molar refractivity (Wildman–Crippen MR) is 112 cm³/mol. The first-order chi connectivity index (χ1) is 13.5. The first kappa shape index (κ1) is 19.3. The van der Waals surface area contributed by atoms with Gasteiger partial charge in [-0.1, -0.05) is 43.1 Å². The molecule has 28 heavy (non-hydrogen) atoms. The van der Waals surface area contributed by atoms with Crippen molar-refractivity contribution in [3.63, 3.8) is 0 Å². The Morgan fingerprint density at radius 1 is 1.32 bits per heavy atom. The lowest BCUT2D eigenvalue weighted by molar-refractivity contribution is -0.119. The highest BCUT2D eigenvalue weighted by molar-refractivity contribution is 7.99. The zero-order valence-corrected chi connectivity index (χ0v) is 17.5. The Bertz CT molecular complexity index is 999. The summed E-state index contributed by atoms with van der Waals surface area (Å²) in [5.41, 5.74) is 0.748. The summed E-state index contributed by atoms with van der Waals surface area (Å²) < 4.78 is 7.72. The molecule has 148 valence electrons. The van der Waals surface area contributed by atoms with Crippen LogP contribution in [-0.2, 0) is 11.8 Å². The number of furan rings is 1. The summed E-state index contributed by atoms with van der Waals surface area (Å²) >= 11 is 7.43. The van der Waals surface area contributed by atoms with Crippen LogP contribution in [0.15, 0.2) is 33.8 Å². The third-order valence-electron chi connectivity index (χ3n) is 5.32. The Kier molecular flexibility index (Phi) is 5.64. The monoisotopic (exact) mass is 418 g/mol. The molecule has 1 aliphatic rings. The average Bonchev–Trinajstić information content (AvgIpc) is 3.24. The summed E-state index contributed by atoms with van der Waals surface area (Å²) in [6, 6.07) is 7.67. The van der Waals surface area contributed by atoms with Crippen molar-refractivity contribution >= 4 is 40.2 Å². The van der Waals surface area contributed by atoms with Gasteiger partial charge in [-0.15, -0.1) is 10.2 Å². The summed E-state index contributed by atoms with van der Waals surface area (Å²) in [7, 11) is 1.87. The van der Waals surface area contributed by atoms with E-state index in [1.54, 1.807) is 6.07 Å². The first-order valence-electron chi connectivity index (χ1n) is 9.52. The van der Waals surface area contributed by atoms with Gasteiger partial charge in [-0.25, -0.2) is 0 Å². The van der Waals surface area contributed by atoms with Crippen LogP contribution in [0.3, 0.4) is 0 Å². The van der Waals surface area contributed by atoms with Crippen LogP contribution < -0.4 is 5.32 Å². The summed E-state index contributed by atoms with van der Waals surface area (Å²) in [6.45, 7) is 2.21. The van der Waals surface area contributed by atoms with Crippen molar-refractivity contribution in [2.24, 2.45) is 13.0 Å². The molecule has 1 aliphatic carbocycles. The van der Waals surface area contributed by atoms with Gasteiger partial charge in [0.05, 0.1) is 5.75 Å². The lowest BCUT2D eigenvalue weighted by atomic mass is 9.86. The topological polar surface area (TPSA) is 73.0 Å². The number of rotatable bonds is 5. The minimum atomic E-state index is 0.0479. The van der Waals surface area contributed by atoms with E-state index in [9.17, 15) is 4.79 Å². The molecule has 0 bridgehead atoms. The van der Waals surface area contributed by atoms with Crippen LogP contribution in [0.1, 0.15) is 32.6 Å². The van der Waals surface area contributed by atoms with Gasteiger partial charge < -0.3 is 14.3 Å². The number of fused-ring (bicyclic) bond motifs is 1. The Morgan fingerprint density at radius 2 is 2.14 bits per heavy atom. The molecule has 0 radical (unpaired) electrons. The van der Waals surface area contributed by atoms with E-state index in [0.717, 1.165) is 17.4 Å². The molecule has 4 rings (SSSR count). The molecule has 2 aromatic heterocycles. The van der Waals surface area contributed by atoms with Crippen molar-refractivity contribution in [3.8, 4) is 11.6 Å². The normalized spacial score (nSPS) is 19.8. The van der Waals surface area contributed by atoms with Crippen LogP contribution in [0.2, 0.25) is 5.02 Å². The van der Waals surface area contributed by atoms with Gasteiger partial charge in [0, 0.05) is 23.5 Å². The third-order valence-corrected chi connectivity index (χ3v) is 6.58. The molecule has 3 aromatic rings. The van der Waals surface area contributed by atoms with Crippen LogP contribution >= 0.6 is 23.4 Å². The standard InChI is InChI=1S/C20H23ClN4O2S/c1-12-5-3-4-6-15(12)22-18(26)11-28-20-24-23-19(25(20)2)17-10-13-9-14(21)7-8-16(13)27-17/h7-10,12,15H,3-6,11H2,1-2H3,(H,22,26)/t12-,15-/m1/s1. The molecule has 0 spiro atoms. The number of aromatic nitrogens is 3. The highest BCUT2D eigenvalue weighted by atomic mass is 35.5. The zero-order chi connectivity index (χ0) is 19.7. The van der Waals surface area contributed by atoms with Crippen molar-refractivity contribution in [3.05, 3.63) is 29.3 Å². The number of carbonyl (C=O) groups is 1. The predicted octanol–water partition coefficient (Wildman–Crippen LogP) is 4.67. The number of amides is 1. The third kappa shape index (κ3) is 4.05. The first-order valence-corrected chi connectivity index (χ1v) is 10.9. The van der Waals surface area contributed by atoms with E-state index in [1.165, 1.54) is 31.0 Å². The molecular weight excluding hydrogens is 396 g/mol. The second-order valence-corrected chi connectivity index (χ2v) is 8.76. The van der Waals surface area contributed by atoms with Gasteiger partial charge in [0.2, 0.25) is 5.91 Å². The molecule has 1 saturated carbocycles. The molecule has 2 heterocycles. The summed E-state index contributed by atoms with van der Waals surface area (Å²) in [5.74, 6) is 2.17. The lowest BCUT2D eigenvalue weighted by Gasteiger charge is -2.29. The van der Waals surface area contributed by atoms with E-state index >= 15 is 0 Å². The fourth-order valence-corrected chi connectivity index (χ4v) is 4.59. The number of hydrogen-bond donors (Lipinski definition) is 1. The second-order valence-electron chi connectivity index (χ2n) is 7.38. The van der Waals surface area contributed by atoms with Gasteiger partial charge in [-0.05, 0) is 43.0 Å². The van der Waals surface area contributed by atoms with E-state index in [2.05, 4.69) is 22.4 Å². The van der Waals surface area contributed by atoms with E-state index in [-0.39, 0.29) is 5.91 Å². The molecule has 1 aromatic carbocycles. The van der Waals surface area contributed by atoms with Crippen LogP contribution in [0.4, 0.5) is 0 Å². The highest BCUT2D eigenvalue weighted by Gasteiger charge is 2.23. The van der Waals surface area contributed by atoms with Gasteiger partial charge in [0.15, 0.2) is 16.7 Å². The minimum absolute atomic E-state index is 0.0479. The van der Waals surface area contributed by atoms with Crippen LogP contribution in [0, 0.1) is 5.92 Å². The Hall–Kier alpha value is -1.99. The van der Waals surface area contributed by atoms with Gasteiger partial charge >= 0.3 is 0 Å². The average molecular weight is 419 g/mol. The quantitative estimate of drug-likeness (QED) is 0.609. The number of hydrogen-bond acceptors (Lipinski definition) is 5. The number of thioether (sulfide) groups is 1. The van der Waals surface area contributed by atoms with Crippen molar-refractivity contribution in [2.75, 3.05) is 5.75 Å². The summed E-state index contributed by atoms with van der Waals surface area (Å²) in [6.07, 6.45) is 4.71. The van der Waals surface area contributed by atoms with Crippen molar-refractivity contribution in [2.45, 2.75) is 43.8 Å². The summed E-state index contributed by atoms with van der Waals surface area (Å²) in [4.78, 5) is 12.3.